The van der Waals surface area contributed by atoms with Crippen LogP contribution in [0.4, 0.5) is 0 Å². The Bertz CT molecular complexity index is 354. The van der Waals surface area contributed by atoms with Crippen molar-refractivity contribution < 1.29 is 18.3 Å². The summed E-state index contributed by atoms with van der Waals surface area (Å²) in [6.45, 7) is 1.11. The third-order valence-corrected chi connectivity index (χ3v) is 3.51. The molecule has 1 fully saturated rings. The van der Waals surface area contributed by atoms with Crippen LogP contribution in [-0.2, 0) is 14.6 Å². The second kappa shape index (κ2) is 4.07. The Morgan fingerprint density at radius 1 is 1.60 bits per heavy atom. The third-order valence-electron chi connectivity index (χ3n) is 2.58. The Balaban J connectivity index is 2.47. The number of aliphatic carboxylic acids is 1. The molecule has 88 valence electrons. The van der Waals surface area contributed by atoms with Crippen molar-refractivity contribution in [2.75, 3.05) is 31.6 Å². The van der Waals surface area contributed by atoms with Gasteiger partial charge in [-0.25, -0.2) is 8.42 Å². The van der Waals surface area contributed by atoms with E-state index >= 15 is 0 Å². The second-order valence-electron chi connectivity index (χ2n) is 4.12. The molecule has 0 radical (unpaired) electrons. The first-order chi connectivity index (χ1) is 6.73. The van der Waals surface area contributed by atoms with Gasteiger partial charge in [0.25, 0.3) is 0 Å². The molecule has 1 aliphatic rings. The summed E-state index contributed by atoms with van der Waals surface area (Å²) in [6.07, 6.45) is 1.53. The van der Waals surface area contributed by atoms with Gasteiger partial charge in [-0.05, 0) is 6.42 Å². The fraction of sp³-hybridized carbons (Fsp3) is 0.875. The van der Waals surface area contributed by atoms with E-state index in [9.17, 15) is 13.2 Å². The predicted molar refractivity (Wildman–Crippen MR) is 55.3 cm³/mol. The van der Waals surface area contributed by atoms with Crippen LogP contribution < -0.4 is 5.73 Å². The highest BCUT2D eigenvalue weighted by Crippen LogP contribution is 2.18. The molecule has 0 aliphatic carbocycles. The van der Waals surface area contributed by atoms with Gasteiger partial charge in [0, 0.05) is 25.9 Å². The van der Waals surface area contributed by atoms with E-state index in [2.05, 4.69) is 0 Å². The van der Waals surface area contributed by atoms with Crippen LogP contribution in [0.25, 0.3) is 0 Å². The zero-order valence-electron chi connectivity index (χ0n) is 8.64. The molecule has 1 atom stereocenters. The molecular formula is C8H16N2O4S. The lowest BCUT2D eigenvalue weighted by Crippen LogP contribution is -2.50. The van der Waals surface area contributed by atoms with Crippen LogP contribution in [0.1, 0.15) is 6.42 Å². The quantitative estimate of drug-likeness (QED) is 0.617. The molecule has 0 aromatic heterocycles. The summed E-state index contributed by atoms with van der Waals surface area (Å²) in [5.74, 6) is -0.979. The molecule has 0 bridgehead atoms. The summed E-state index contributed by atoms with van der Waals surface area (Å²) in [7, 11) is -3.00. The first-order valence-corrected chi connectivity index (χ1v) is 6.71. The third kappa shape index (κ3) is 3.44. The molecule has 0 spiro atoms. The lowest BCUT2D eigenvalue weighted by Gasteiger charge is -2.19. The summed E-state index contributed by atoms with van der Waals surface area (Å²) in [5, 5.41) is 8.85. The lowest BCUT2D eigenvalue weighted by molar-refractivity contribution is -0.142. The monoisotopic (exact) mass is 236 g/mol. The number of rotatable bonds is 4. The number of hydrogen-bond acceptors (Lipinski definition) is 5. The van der Waals surface area contributed by atoms with Gasteiger partial charge in [-0.15, -0.1) is 0 Å². The molecule has 1 aliphatic heterocycles. The van der Waals surface area contributed by atoms with Gasteiger partial charge in [-0.3, -0.25) is 9.69 Å². The van der Waals surface area contributed by atoms with Crippen molar-refractivity contribution in [3.63, 3.8) is 0 Å². The van der Waals surface area contributed by atoms with E-state index in [-0.39, 0.29) is 12.3 Å². The van der Waals surface area contributed by atoms with Crippen molar-refractivity contribution in [1.29, 1.82) is 0 Å². The van der Waals surface area contributed by atoms with E-state index < -0.39 is 21.3 Å². The maximum absolute atomic E-state index is 10.9. The highest BCUT2D eigenvalue weighted by Gasteiger charge is 2.41. The van der Waals surface area contributed by atoms with E-state index in [1.807, 2.05) is 0 Å². The fourth-order valence-corrected chi connectivity index (χ4v) is 2.16. The molecule has 0 aromatic carbocycles. The van der Waals surface area contributed by atoms with Gasteiger partial charge in [0.15, 0.2) is 0 Å². The Kier molecular flexibility index (Phi) is 3.37. The Morgan fingerprint density at radius 2 is 2.20 bits per heavy atom. The molecule has 1 heterocycles. The molecule has 0 saturated carbocycles. The zero-order chi connectivity index (χ0) is 11.7. The summed E-state index contributed by atoms with van der Waals surface area (Å²) in [4.78, 5) is 12.6. The van der Waals surface area contributed by atoms with Gasteiger partial charge in [-0.2, -0.15) is 0 Å². The number of hydrogen-bond donors (Lipinski definition) is 2. The summed E-state index contributed by atoms with van der Waals surface area (Å²) >= 11 is 0. The van der Waals surface area contributed by atoms with Crippen molar-refractivity contribution in [2.45, 2.75) is 12.0 Å². The van der Waals surface area contributed by atoms with Gasteiger partial charge >= 0.3 is 5.97 Å². The molecule has 15 heavy (non-hydrogen) atoms. The van der Waals surface area contributed by atoms with Crippen molar-refractivity contribution in [2.24, 2.45) is 5.73 Å². The zero-order valence-corrected chi connectivity index (χ0v) is 9.46. The molecule has 1 rings (SSSR count). The van der Waals surface area contributed by atoms with Crippen LogP contribution in [-0.4, -0.2) is 61.6 Å². The minimum atomic E-state index is -3.00. The standard InChI is InChI=1S/C8H16N2O4S/c1-15(13,14)5-4-10-3-2-8(9,6-10)7(11)12/h2-6,9H2,1H3,(H,11,12). The van der Waals surface area contributed by atoms with E-state index in [4.69, 9.17) is 10.8 Å². The van der Waals surface area contributed by atoms with Crippen LogP contribution in [0, 0.1) is 0 Å². The number of likely N-dealkylation sites (tertiary alicyclic amines) is 1. The van der Waals surface area contributed by atoms with Gasteiger partial charge < -0.3 is 10.8 Å². The number of carboxylic acid groups (broad SMARTS) is 1. The summed E-state index contributed by atoms with van der Waals surface area (Å²) < 4.78 is 21.8. The van der Waals surface area contributed by atoms with Crippen LogP contribution in [0.2, 0.25) is 0 Å². The van der Waals surface area contributed by atoms with E-state index in [1.165, 1.54) is 0 Å². The molecule has 1 unspecified atom stereocenters. The normalized spacial score (nSPS) is 28.1. The minimum absolute atomic E-state index is 0.0443. The first-order valence-electron chi connectivity index (χ1n) is 4.65. The highest BCUT2D eigenvalue weighted by molar-refractivity contribution is 7.90. The van der Waals surface area contributed by atoms with Gasteiger partial charge in [0.2, 0.25) is 0 Å². The van der Waals surface area contributed by atoms with E-state index in [1.54, 1.807) is 4.90 Å². The number of carboxylic acids is 1. The topological polar surface area (TPSA) is 101 Å². The van der Waals surface area contributed by atoms with Crippen molar-refractivity contribution in [3.05, 3.63) is 0 Å². The fourth-order valence-electron chi connectivity index (χ4n) is 1.58. The van der Waals surface area contributed by atoms with E-state index in [0.717, 1.165) is 6.26 Å². The minimum Gasteiger partial charge on any atom is -0.480 e. The Morgan fingerprint density at radius 3 is 2.60 bits per heavy atom. The number of nitrogens with two attached hydrogens (primary N) is 1. The molecule has 0 amide bonds. The van der Waals surface area contributed by atoms with Crippen molar-refractivity contribution in [3.8, 4) is 0 Å². The lowest BCUT2D eigenvalue weighted by atomic mass is 10.0. The smallest absolute Gasteiger partial charge is 0.325 e. The van der Waals surface area contributed by atoms with E-state index in [0.29, 0.717) is 19.5 Å². The van der Waals surface area contributed by atoms with Crippen LogP contribution >= 0.6 is 0 Å². The van der Waals surface area contributed by atoms with Crippen LogP contribution in [0.15, 0.2) is 0 Å². The maximum atomic E-state index is 10.9. The number of sulfone groups is 1. The van der Waals surface area contributed by atoms with Gasteiger partial charge in [0.1, 0.15) is 15.4 Å². The average Bonchev–Trinajstić information content (AvgIpc) is 2.44. The number of carbonyl (C=O) groups is 1. The first kappa shape index (κ1) is 12.4. The number of nitrogens with zero attached hydrogens (tertiary/aromatic N) is 1. The van der Waals surface area contributed by atoms with Gasteiger partial charge in [-0.1, -0.05) is 0 Å². The van der Waals surface area contributed by atoms with Crippen LogP contribution in [0.3, 0.4) is 0 Å². The largest absolute Gasteiger partial charge is 0.480 e. The van der Waals surface area contributed by atoms with Crippen molar-refractivity contribution in [1.82, 2.24) is 4.90 Å². The maximum Gasteiger partial charge on any atom is 0.325 e. The summed E-state index contributed by atoms with van der Waals surface area (Å²) in [5.41, 5.74) is 4.43. The molecule has 3 N–H and O–H groups in total. The highest BCUT2D eigenvalue weighted by atomic mass is 32.2. The molecule has 0 aromatic rings. The van der Waals surface area contributed by atoms with Crippen molar-refractivity contribution >= 4 is 15.8 Å². The van der Waals surface area contributed by atoms with Gasteiger partial charge in [0.05, 0.1) is 5.75 Å². The summed E-state index contributed by atoms with van der Waals surface area (Å²) in [6, 6.07) is 0. The molecular weight excluding hydrogens is 220 g/mol. The second-order valence-corrected chi connectivity index (χ2v) is 6.38. The SMILES string of the molecule is CS(=O)(=O)CCN1CCC(N)(C(=O)O)C1. The molecule has 6 nitrogen and oxygen atoms in total. The molecule has 7 heteroatoms. The average molecular weight is 236 g/mol. The Hall–Kier alpha value is -0.660. The predicted octanol–water partition coefficient (Wildman–Crippen LogP) is -1.48. The van der Waals surface area contributed by atoms with Crippen LogP contribution in [0.5, 0.6) is 0 Å². The molecule has 1 saturated heterocycles. The Labute approximate surface area is 89.0 Å².